The van der Waals surface area contributed by atoms with Gasteiger partial charge in [0.15, 0.2) is 7.14 Å². The zero-order valence-electron chi connectivity index (χ0n) is 44.5. The summed E-state index contributed by atoms with van der Waals surface area (Å²) in [7, 11) is -4.66. The zero-order chi connectivity index (χ0) is 52.2. The maximum atomic E-state index is 17.7. The van der Waals surface area contributed by atoms with Crippen LogP contribution in [0.4, 0.5) is 68.2 Å². The molecule has 2 atom stereocenters. The molecule has 10 aromatic rings. The van der Waals surface area contributed by atoms with E-state index in [1.54, 1.807) is 0 Å². The van der Waals surface area contributed by atoms with Crippen molar-refractivity contribution in [3.63, 3.8) is 0 Å². The third-order valence-corrected chi connectivity index (χ3v) is 24.1. The minimum atomic E-state index is -3.54. The van der Waals surface area contributed by atoms with Gasteiger partial charge in [-0.2, -0.15) is 0 Å². The molecular formula is C69H54B2N4OP2. The van der Waals surface area contributed by atoms with Gasteiger partial charge in [-0.15, -0.1) is 0 Å². The summed E-state index contributed by atoms with van der Waals surface area (Å²) in [6.07, 6.45) is 0. The molecule has 0 saturated heterocycles. The van der Waals surface area contributed by atoms with Crippen molar-refractivity contribution < 1.29 is 4.57 Å². The van der Waals surface area contributed by atoms with Crippen LogP contribution in [0, 0.1) is 0 Å². The minimum absolute atomic E-state index is 0.0626. The van der Waals surface area contributed by atoms with E-state index < -0.39 is 15.1 Å². The Labute approximate surface area is 459 Å². The third kappa shape index (κ3) is 5.52. The van der Waals surface area contributed by atoms with Crippen LogP contribution >= 0.6 is 15.1 Å². The second-order valence-electron chi connectivity index (χ2n) is 23.3. The summed E-state index contributed by atoms with van der Waals surface area (Å²) >= 11 is 0. The van der Waals surface area contributed by atoms with E-state index in [2.05, 4.69) is 261 Å². The van der Waals surface area contributed by atoms with E-state index in [1.807, 2.05) is 0 Å². The van der Waals surface area contributed by atoms with Crippen LogP contribution in [-0.2, 0) is 4.57 Å². The normalized spacial score (nSPS) is 17.5. The van der Waals surface area contributed by atoms with Crippen molar-refractivity contribution in [2.45, 2.75) is 59.3 Å². The van der Waals surface area contributed by atoms with Gasteiger partial charge in [-0.1, -0.05) is 180 Å². The van der Waals surface area contributed by atoms with Gasteiger partial charge in [0.2, 0.25) is 6.71 Å². The van der Waals surface area contributed by atoms with Crippen molar-refractivity contribution in [1.29, 1.82) is 0 Å². The largest absolute Gasteiger partial charge is 0.311 e. The molecule has 0 aromatic heterocycles. The standard InChI is InChI=1S/C69H54B2N4OP2/c1-40(2)43-36-45(41(3)4)63(46(37-43)42(5)6)70-47-24-10-12-26-51(47)72(44-22-8-7-9-23-44)57-39-58-50(38-49(57)70)71-48-25-11-13-27-52(48)73-55-30-16-20-34-61(55)78(76)62-35-21-17-31-56(62)74-53-28-14-18-32-59(53)77-60-33-19-15-29-54(60)75(58)65-64(71)66(73)69(78)67(74)68(65)77/h7-42H,1-6H3. The van der Waals surface area contributed by atoms with Gasteiger partial charge in [0.1, 0.15) is 0 Å². The average Bonchev–Trinajstić information content (AvgIpc) is 0.995. The second kappa shape index (κ2) is 15.9. The molecule has 0 fully saturated rings. The van der Waals surface area contributed by atoms with E-state index in [0.29, 0.717) is 17.8 Å². The summed E-state index contributed by atoms with van der Waals surface area (Å²) in [5.74, 6) is 0.987. The smallest absolute Gasteiger partial charge is 0.252 e. The SMILES string of the molecule is CC(C)c1cc(C(C)C)c(B2c3ccccc3N(c3ccccc3)c3cc4c(cc32)B2c3ccccc3N3c5ccccc5P5(=O)c6ccccc6N6c7ccccc7P7c8ccccc8N4c4c2c3c5c6c47)c(C(C)C)c1. The number of fused-ring (bicyclic) bond motifs is 20. The number of nitrogens with zero attached hydrogens (tertiary/aromatic N) is 4. The van der Waals surface area contributed by atoms with Crippen molar-refractivity contribution in [3.05, 3.63) is 217 Å². The fourth-order valence-corrected chi connectivity index (χ4v) is 21.5. The van der Waals surface area contributed by atoms with Crippen molar-refractivity contribution in [2.75, 3.05) is 19.6 Å². The number of para-hydroxylation sites is 7. The lowest BCUT2D eigenvalue weighted by atomic mass is 9.30. The van der Waals surface area contributed by atoms with Crippen LogP contribution in [0.25, 0.3) is 0 Å². The summed E-state index contributed by atoms with van der Waals surface area (Å²) in [6.45, 7) is 14.0. The summed E-state index contributed by atoms with van der Waals surface area (Å²) in [6, 6.07) is 75.5. The predicted molar refractivity (Wildman–Crippen MR) is 336 cm³/mol. The highest BCUT2D eigenvalue weighted by molar-refractivity contribution is 7.87. The first-order chi connectivity index (χ1) is 38.1. The highest BCUT2D eigenvalue weighted by Gasteiger charge is 2.59. The highest BCUT2D eigenvalue weighted by atomic mass is 31.2. The van der Waals surface area contributed by atoms with Gasteiger partial charge >= 0.3 is 0 Å². The third-order valence-electron chi connectivity index (χ3n) is 18.3. The Hall–Kier alpha value is -7.81. The minimum Gasteiger partial charge on any atom is -0.311 e. The van der Waals surface area contributed by atoms with E-state index in [-0.39, 0.29) is 13.4 Å². The number of hydrogen-bond donors (Lipinski definition) is 0. The number of benzene rings is 10. The molecule has 78 heavy (non-hydrogen) atoms. The summed E-state index contributed by atoms with van der Waals surface area (Å²) in [5, 5.41) is 6.79. The van der Waals surface area contributed by atoms with Gasteiger partial charge in [-0.05, 0) is 136 Å². The van der Waals surface area contributed by atoms with Crippen molar-refractivity contribution in [1.82, 2.24) is 0 Å². The van der Waals surface area contributed by atoms with Crippen molar-refractivity contribution in [3.8, 4) is 0 Å². The zero-order valence-corrected chi connectivity index (χ0v) is 46.3. The van der Waals surface area contributed by atoms with Crippen LogP contribution in [0.2, 0.25) is 0 Å². The lowest BCUT2D eigenvalue weighted by Crippen LogP contribution is -2.68. The number of hydrogen-bond acceptors (Lipinski definition) is 5. The molecule has 7 heterocycles. The Morgan fingerprint density at radius 2 is 0.833 bits per heavy atom. The number of rotatable bonds is 5. The number of anilines is 12. The molecule has 372 valence electrons. The van der Waals surface area contributed by atoms with E-state index in [1.165, 1.54) is 99.5 Å². The first-order valence-electron chi connectivity index (χ1n) is 28.0. The fraction of sp³-hybridized carbons (Fsp3) is 0.130. The lowest BCUT2D eigenvalue weighted by molar-refractivity contribution is 0.592. The molecule has 0 saturated carbocycles. The predicted octanol–water partition coefficient (Wildman–Crippen LogP) is 11.6. The van der Waals surface area contributed by atoms with E-state index in [4.69, 9.17) is 0 Å². The van der Waals surface area contributed by atoms with Gasteiger partial charge in [-0.25, -0.2) is 0 Å². The molecule has 0 radical (unpaired) electrons. The van der Waals surface area contributed by atoms with Crippen LogP contribution in [0.5, 0.6) is 0 Å². The molecule has 0 aliphatic carbocycles. The molecule has 0 amide bonds. The quantitative estimate of drug-likeness (QED) is 0.127. The molecule has 0 spiro atoms. The van der Waals surface area contributed by atoms with Crippen molar-refractivity contribution in [2.24, 2.45) is 0 Å². The Balaban J connectivity index is 1.07. The fourth-order valence-electron chi connectivity index (χ4n) is 15.1. The van der Waals surface area contributed by atoms with E-state index >= 15 is 4.57 Å². The van der Waals surface area contributed by atoms with Crippen LogP contribution in [0.15, 0.2) is 200 Å². The van der Waals surface area contributed by atoms with Crippen LogP contribution in [0.1, 0.15) is 76.0 Å². The Kier molecular flexibility index (Phi) is 9.23. The molecule has 10 aromatic carbocycles. The summed E-state index contributed by atoms with van der Waals surface area (Å²) in [5.41, 5.74) is 25.9. The first kappa shape index (κ1) is 45.2. The molecule has 9 heteroatoms. The maximum absolute atomic E-state index is 17.7. The van der Waals surface area contributed by atoms with Gasteiger partial charge in [0, 0.05) is 55.0 Å². The Bertz CT molecular complexity index is 4340. The molecular weight excluding hydrogens is 984 g/mol. The van der Waals surface area contributed by atoms with Gasteiger partial charge < -0.3 is 24.2 Å². The maximum Gasteiger partial charge on any atom is 0.252 e. The highest BCUT2D eigenvalue weighted by Crippen LogP contribution is 2.67. The monoisotopic (exact) mass is 1040 g/mol. The summed E-state index contributed by atoms with van der Waals surface area (Å²) < 4.78 is 17.7. The Morgan fingerprint density at radius 1 is 0.385 bits per heavy atom. The average molecular weight is 1040 g/mol. The van der Waals surface area contributed by atoms with Crippen LogP contribution < -0.4 is 84.2 Å². The first-order valence-corrected chi connectivity index (χ1v) is 31.0. The molecule has 17 rings (SSSR count). The molecule has 0 bridgehead atoms. The van der Waals surface area contributed by atoms with E-state index in [9.17, 15) is 0 Å². The van der Waals surface area contributed by atoms with Crippen molar-refractivity contribution >= 4 is 161 Å². The topological polar surface area (TPSA) is 30.0 Å². The molecule has 7 aliphatic rings. The van der Waals surface area contributed by atoms with Gasteiger partial charge in [0.25, 0.3) is 6.71 Å². The summed E-state index contributed by atoms with van der Waals surface area (Å²) in [4.78, 5) is 10.3. The Morgan fingerprint density at radius 3 is 1.40 bits per heavy atom. The van der Waals surface area contributed by atoms with Gasteiger partial charge in [0.05, 0.1) is 45.1 Å². The second-order valence-corrected chi connectivity index (χ2v) is 28.0. The van der Waals surface area contributed by atoms with Gasteiger partial charge in [-0.3, -0.25) is 0 Å². The van der Waals surface area contributed by atoms with Crippen LogP contribution in [-0.4, -0.2) is 13.4 Å². The lowest BCUT2D eigenvalue weighted by Gasteiger charge is -2.56. The molecule has 0 N–H and O–H groups in total. The molecule has 5 nitrogen and oxygen atoms in total. The molecule has 7 aliphatic heterocycles. The van der Waals surface area contributed by atoms with Crippen LogP contribution in [0.3, 0.4) is 0 Å². The van der Waals surface area contributed by atoms with E-state index in [0.717, 1.165) is 50.0 Å². The molecule has 2 unspecified atom stereocenters.